The van der Waals surface area contributed by atoms with Crippen LogP contribution < -0.4 is 5.32 Å². The molecule has 2 aromatic carbocycles. The zero-order valence-corrected chi connectivity index (χ0v) is 15.0. The number of amides is 3. The Bertz CT molecular complexity index is 785. The summed E-state index contributed by atoms with van der Waals surface area (Å²) in [6, 6.07) is 17.1. The second-order valence-electron chi connectivity index (χ2n) is 7.12. The van der Waals surface area contributed by atoms with Gasteiger partial charge in [0.2, 0.25) is 0 Å². The van der Waals surface area contributed by atoms with Gasteiger partial charge >= 0.3 is 6.03 Å². The monoisotopic (exact) mass is 336 g/mol. The van der Waals surface area contributed by atoms with E-state index in [4.69, 9.17) is 0 Å². The number of hydrogen-bond acceptors (Lipinski definition) is 2. The van der Waals surface area contributed by atoms with Crippen LogP contribution in [0.25, 0.3) is 0 Å². The molecule has 2 aromatic rings. The molecule has 130 valence electrons. The minimum atomic E-state index is -0.977. The molecule has 0 aliphatic carbocycles. The van der Waals surface area contributed by atoms with Crippen molar-refractivity contribution in [1.82, 2.24) is 10.2 Å². The van der Waals surface area contributed by atoms with Gasteiger partial charge in [-0.25, -0.2) is 4.79 Å². The van der Waals surface area contributed by atoms with Crippen molar-refractivity contribution in [2.24, 2.45) is 5.92 Å². The van der Waals surface area contributed by atoms with Gasteiger partial charge in [-0.1, -0.05) is 68.4 Å². The van der Waals surface area contributed by atoms with Crippen molar-refractivity contribution in [2.75, 3.05) is 0 Å². The summed E-state index contributed by atoms with van der Waals surface area (Å²) >= 11 is 0. The molecule has 0 aromatic heterocycles. The Morgan fingerprint density at radius 2 is 1.64 bits per heavy atom. The third-order valence-electron chi connectivity index (χ3n) is 4.75. The number of imide groups is 1. The van der Waals surface area contributed by atoms with Crippen molar-refractivity contribution in [3.8, 4) is 0 Å². The molecule has 1 unspecified atom stereocenters. The van der Waals surface area contributed by atoms with Crippen LogP contribution in [-0.2, 0) is 16.9 Å². The number of aryl methyl sites for hydroxylation is 1. The molecule has 1 atom stereocenters. The lowest BCUT2D eigenvalue weighted by Gasteiger charge is -2.29. The molecular weight excluding hydrogens is 312 g/mol. The van der Waals surface area contributed by atoms with Crippen LogP contribution in [0, 0.1) is 12.8 Å². The third kappa shape index (κ3) is 3.16. The zero-order chi connectivity index (χ0) is 18.0. The molecule has 1 aliphatic heterocycles. The third-order valence-corrected chi connectivity index (χ3v) is 4.75. The van der Waals surface area contributed by atoms with E-state index in [-0.39, 0.29) is 17.9 Å². The molecule has 3 rings (SSSR count). The van der Waals surface area contributed by atoms with Crippen molar-refractivity contribution in [1.29, 1.82) is 0 Å². The van der Waals surface area contributed by atoms with Gasteiger partial charge in [-0.2, -0.15) is 0 Å². The topological polar surface area (TPSA) is 49.4 Å². The van der Waals surface area contributed by atoms with E-state index >= 15 is 0 Å². The number of urea groups is 1. The Morgan fingerprint density at radius 3 is 2.28 bits per heavy atom. The van der Waals surface area contributed by atoms with Crippen molar-refractivity contribution in [3.05, 3.63) is 71.3 Å². The summed E-state index contributed by atoms with van der Waals surface area (Å²) in [4.78, 5) is 27.3. The number of carbonyl (C=O) groups is 2. The maximum Gasteiger partial charge on any atom is 0.325 e. The number of rotatable bonds is 5. The lowest BCUT2D eigenvalue weighted by atomic mass is 9.82. The van der Waals surface area contributed by atoms with Crippen molar-refractivity contribution in [3.63, 3.8) is 0 Å². The summed E-state index contributed by atoms with van der Waals surface area (Å²) in [5, 5.41) is 2.99. The highest BCUT2D eigenvalue weighted by Gasteiger charge is 2.52. The fourth-order valence-corrected chi connectivity index (χ4v) is 3.51. The molecule has 4 nitrogen and oxygen atoms in total. The average molecular weight is 336 g/mol. The van der Waals surface area contributed by atoms with Gasteiger partial charge in [0.25, 0.3) is 5.91 Å². The first-order valence-electron chi connectivity index (χ1n) is 8.68. The molecule has 1 N–H and O–H groups in total. The Morgan fingerprint density at radius 1 is 1.00 bits per heavy atom. The number of nitrogens with one attached hydrogen (secondary N) is 1. The summed E-state index contributed by atoms with van der Waals surface area (Å²) in [5.41, 5.74) is 1.92. The number of carbonyl (C=O) groups excluding carboxylic acids is 2. The van der Waals surface area contributed by atoms with E-state index < -0.39 is 5.54 Å². The van der Waals surface area contributed by atoms with Crippen LogP contribution in [0.4, 0.5) is 4.79 Å². The zero-order valence-electron chi connectivity index (χ0n) is 15.0. The summed E-state index contributed by atoms with van der Waals surface area (Å²) in [6.45, 7) is 6.42. The predicted octanol–water partition coefficient (Wildman–Crippen LogP) is 3.99. The molecule has 3 amide bonds. The molecule has 1 fully saturated rings. The molecule has 0 saturated carbocycles. The Labute approximate surface area is 148 Å². The summed E-state index contributed by atoms with van der Waals surface area (Å²) in [7, 11) is 0. The maximum atomic E-state index is 13.3. The van der Waals surface area contributed by atoms with Crippen LogP contribution in [0.3, 0.4) is 0 Å². The first-order valence-corrected chi connectivity index (χ1v) is 8.68. The van der Waals surface area contributed by atoms with Crippen LogP contribution in [0.2, 0.25) is 0 Å². The Kier molecular flexibility index (Phi) is 4.62. The fraction of sp³-hybridized carbons (Fsp3) is 0.333. The van der Waals surface area contributed by atoms with Crippen LogP contribution in [0.15, 0.2) is 54.6 Å². The van der Waals surface area contributed by atoms with Gasteiger partial charge < -0.3 is 5.32 Å². The van der Waals surface area contributed by atoms with E-state index in [0.717, 1.165) is 16.7 Å². The average Bonchev–Trinajstić information content (AvgIpc) is 2.82. The highest BCUT2D eigenvalue weighted by Crippen LogP contribution is 2.35. The van der Waals surface area contributed by atoms with Crippen LogP contribution in [-0.4, -0.2) is 16.8 Å². The normalized spacial score (nSPS) is 20.2. The van der Waals surface area contributed by atoms with E-state index in [0.29, 0.717) is 13.0 Å². The van der Waals surface area contributed by atoms with Gasteiger partial charge in [0, 0.05) is 0 Å². The van der Waals surface area contributed by atoms with Gasteiger partial charge in [0.15, 0.2) is 0 Å². The summed E-state index contributed by atoms with van der Waals surface area (Å²) in [5.74, 6) is 0.100. The van der Waals surface area contributed by atoms with Crippen molar-refractivity contribution < 1.29 is 9.59 Å². The molecule has 0 radical (unpaired) electrons. The highest BCUT2D eigenvalue weighted by atomic mass is 16.2. The summed E-state index contributed by atoms with van der Waals surface area (Å²) in [6.07, 6.45) is 0.575. The van der Waals surface area contributed by atoms with E-state index in [1.165, 1.54) is 4.90 Å². The van der Waals surface area contributed by atoms with Gasteiger partial charge in [-0.15, -0.1) is 0 Å². The molecule has 25 heavy (non-hydrogen) atoms. The lowest BCUT2D eigenvalue weighted by Crippen LogP contribution is -2.45. The molecule has 1 aliphatic rings. The van der Waals surface area contributed by atoms with Crippen molar-refractivity contribution in [2.45, 2.75) is 39.3 Å². The quantitative estimate of drug-likeness (QED) is 0.839. The fourth-order valence-electron chi connectivity index (χ4n) is 3.51. The molecule has 1 saturated heterocycles. The second-order valence-corrected chi connectivity index (χ2v) is 7.12. The molecule has 0 bridgehead atoms. The van der Waals surface area contributed by atoms with Crippen LogP contribution >= 0.6 is 0 Å². The first-order chi connectivity index (χ1) is 11.9. The number of nitrogens with zero attached hydrogens (tertiary/aromatic N) is 1. The molecular formula is C21H24N2O2. The standard InChI is InChI=1S/C21H24N2O2/c1-15(2)13-21(18-11-5-4-6-12-18)19(24)23(20(25)22-21)14-17-10-8-7-9-16(17)3/h4-12,15H,13-14H2,1-3H3,(H,22,25). The maximum absolute atomic E-state index is 13.3. The van der Waals surface area contributed by atoms with E-state index in [2.05, 4.69) is 19.2 Å². The van der Waals surface area contributed by atoms with Gasteiger partial charge in [-0.05, 0) is 36.0 Å². The predicted molar refractivity (Wildman–Crippen MR) is 97.8 cm³/mol. The van der Waals surface area contributed by atoms with Gasteiger partial charge in [0.1, 0.15) is 5.54 Å². The molecule has 0 spiro atoms. The minimum absolute atomic E-state index is 0.166. The largest absolute Gasteiger partial charge is 0.325 e. The van der Waals surface area contributed by atoms with E-state index in [1.807, 2.05) is 61.5 Å². The van der Waals surface area contributed by atoms with Crippen LogP contribution in [0.5, 0.6) is 0 Å². The number of benzene rings is 2. The Hall–Kier alpha value is -2.62. The summed E-state index contributed by atoms with van der Waals surface area (Å²) < 4.78 is 0. The first kappa shape index (κ1) is 17.2. The highest BCUT2D eigenvalue weighted by molar-refractivity contribution is 6.07. The SMILES string of the molecule is Cc1ccccc1CN1C(=O)NC(CC(C)C)(c2ccccc2)C1=O. The van der Waals surface area contributed by atoms with Crippen molar-refractivity contribution >= 4 is 11.9 Å². The van der Waals surface area contributed by atoms with Crippen LogP contribution in [0.1, 0.15) is 37.0 Å². The second kappa shape index (κ2) is 6.71. The Balaban J connectivity index is 1.98. The number of hydrogen-bond donors (Lipinski definition) is 1. The molecule has 1 heterocycles. The van der Waals surface area contributed by atoms with E-state index in [9.17, 15) is 9.59 Å². The minimum Gasteiger partial charge on any atom is -0.319 e. The molecule has 4 heteroatoms. The lowest BCUT2D eigenvalue weighted by molar-refractivity contribution is -0.132. The smallest absolute Gasteiger partial charge is 0.319 e. The van der Waals surface area contributed by atoms with Gasteiger partial charge in [0.05, 0.1) is 6.54 Å². The van der Waals surface area contributed by atoms with Gasteiger partial charge in [-0.3, -0.25) is 9.69 Å². The van der Waals surface area contributed by atoms with E-state index in [1.54, 1.807) is 0 Å².